The van der Waals surface area contributed by atoms with Crippen LogP contribution in [-0.2, 0) is 19.6 Å². The zero-order valence-electron chi connectivity index (χ0n) is 17.9. The highest BCUT2D eigenvalue weighted by Gasteiger charge is 2.36. The predicted molar refractivity (Wildman–Crippen MR) is 122 cm³/mol. The zero-order valence-corrected chi connectivity index (χ0v) is 19.5. The smallest absolute Gasteiger partial charge is 0.246 e. The van der Waals surface area contributed by atoms with Crippen molar-refractivity contribution in [2.75, 3.05) is 38.3 Å². The number of hydrogen-bond donors (Lipinski definition) is 0. The summed E-state index contributed by atoms with van der Waals surface area (Å²) in [5, 5.41) is 0.565. The Morgan fingerprint density at radius 1 is 1.21 bits per heavy atom. The van der Waals surface area contributed by atoms with Gasteiger partial charge >= 0.3 is 0 Å². The minimum Gasteiger partial charge on any atom is -0.383 e. The fourth-order valence-electron chi connectivity index (χ4n) is 3.84. The van der Waals surface area contributed by atoms with Crippen molar-refractivity contribution in [2.24, 2.45) is 5.92 Å². The third-order valence-electron chi connectivity index (χ3n) is 5.61. The van der Waals surface area contributed by atoms with E-state index in [0.29, 0.717) is 24.3 Å². The fraction of sp³-hybridized carbons (Fsp3) is 0.364. The molecular formula is C22H23F2N3O4S2. The van der Waals surface area contributed by atoms with Crippen LogP contribution in [0.25, 0.3) is 10.2 Å². The molecule has 0 N–H and O–H groups in total. The summed E-state index contributed by atoms with van der Waals surface area (Å²) in [4.78, 5) is 18.8. The number of aromatic nitrogens is 1. The molecule has 0 unspecified atom stereocenters. The number of anilines is 1. The molecule has 1 amide bonds. The molecule has 1 saturated heterocycles. The van der Waals surface area contributed by atoms with E-state index in [1.165, 1.54) is 11.3 Å². The summed E-state index contributed by atoms with van der Waals surface area (Å²) >= 11 is 1.41. The van der Waals surface area contributed by atoms with Crippen LogP contribution >= 0.6 is 11.3 Å². The van der Waals surface area contributed by atoms with Gasteiger partial charge in [0.25, 0.3) is 0 Å². The molecule has 0 radical (unpaired) electrons. The molecule has 1 aliphatic heterocycles. The van der Waals surface area contributed by atoms with Crippen molar-refractivity contribution in [3.05, 3.63) is 54.1 Å². The van der Waals surface area contributed by atoms with Crippen molar-refractivity contribution in [2.45, 2.75) is 17.7 Å². The van der Waals surface area contributed by atoms with Crippen molar-refractivity contribution < 1.29 is 26.7 Å². The van der Waals surface area contributed by atoms with E-state index in [1.807, 2.05) is 24.3 Å². The lowest BCUT2D eigenvalue weighted by atomic mass is 9.96. The number of nitrogens with zero attached hydrogens (tertiary/aromatic N) is 3. The van der Waals surface area contributed by atoms with Crippen molar-refractivity contribution in [3.63, 3.8) is 0 Å². The molecule has 4 rings (SSSR count). The molecule has 2 heterocycles. The first-order chi connectivity index (χ1) is 15.8. The Hall–Kier alpha value is -2.47. The third-order valence-corrected chi connectivity index (χ3v) is 8.59. The van der Waals surface area contributed by atoms with Gasteiger partial charge in [-0.15, -0.1) is 0 Å². The van der Waals surface area contributed by atoms with Crippen LogP contribution in [0.5, 0.6) is 0 Å². The summed E-state index contributed by atoms with van der Waals surface area (Å²) in [6.45, 7) is 0.717. The van der Waals surface area contributed by atoms with E-state index in [1.54, 1.807) is 12.0 Å². The SMILES string of the molecule is COCCN(C(=O)C1CCN(S(=O)(=O)c2cc(F)ccc2F)CC1)c1nc2ccccc2s1. The predicted octanol–water partition coefficient (Wildman–Crippen LogP) is 3.65. The maximum absolute atomic E-state index is 14.1. The van der Waals surface area contributed by atoms with Crippen LogP contribution in [0.1, 0.15) is 12.8 Å². The number of sulfonamides is 1. The molecule has 0 spiro atoms. The van der Waals surface area contributed by atoms with Gasteiger partial charge in [0.05, 0.1) is 23.4 Å². The number of thiazole rings is 1. The first kappa shape index (κ1) is 23.7. The van der Waals surface area contributed by atoms with Crippen LogP contribution in [-0.4, -0.2) is 57.0 Å². The number of methoxy groups -OCH3 is 1. The lowest BCUT2D eigenvalue weighted by Crippen LogP contribution is -2.45. The van der Waals surface area contributed by atoms with Crippen molar-refractivity contribution in [1.82, 2.24) is 9.29 Å². The first-order valence-corrected chi connectivity index (χ1v) is 12.7. The number of carbonyl (C=O) groups is 1. The molecular weight excluding hydrogens is 472 g/mol. The van der Waals surface area contributed by atoms with Gasteiger partial charge in [0, 0.05) is 26.1 Å². The molecule has 0 atom stereocenters. The molecule has 3 aromatic rings. The highest BCUT2D eigenvalue weighted by atomic mass is 32.2. The van der Waals surface area contributed by atoms with Gasteiger partial charge in [0.1, 0.15) is 16.5 Å². The highest BCUT2D eigenvalue weighted by molar-refractivity contribution is 7.89. The second-order valence-corrected chi connectivity index (χ2v) is 10.6. The molecule has 2 aromatic carbocycles. The number of halogens is 2. The average Bonchev–Trinajstić information content (AvgIpc) is 3.24. The minimum absolute atomic E-state index is 0.0344. The maximum atomic E-state index is 14.1. The first-order valence-electron chi connectivity index (χ1n) is 10.4. The molecule has 0 aliphatic carbocycles. The summed E-state index contributed by atoms with van der Waals surface area (Å²) < 4.78 is 60.5. The quantitative estimate of drug-likeness (QED) is 0.500. The molecule has 11 heteroatoms. The topological polar surface area (TPSA) is 79.8 Å². The van der Waals surface area contributed by atoms with Crippen LogP contribution in [0.3, 0.4) is 0 Å². The van der Waals surface area contributed by atoms with Crippen molar-refractivity contribution in [3.8, 4) is 0 Å². The molecule has 33 heavy (non-hydrogen) atoms. The molecule has 7 nitrogen and oxygen atoms in total. The molecule has 0 saturated carbocycles. The third kappa shape index (κ3) is 4.91. The van der Waals surface area contributed by atoms with Gasteiger partial charge in [-0.2, -0.15) is 4.31 Å². The highest BCUT2D eigenvalue weighted by Crippen LogP contribution is 2.32. The number of rotatable bonds is 7. The number of carbonyl (C=O) groups excluding carboxylic acids is 1. The van der Waals surface area contributed by atoms with E-state index in [-0.39, 0.29) is 31.8 Å². The summed E-state index contributed by atoms with van der Waals surface area (Å²) in [6.07, 6.45) is 0.534. The Morgan fingerprint density at radius 2 is 1.94 bits per heavy atom. The lowest BCUT2D eigenvalue weighted by Gasteiger charge is -2.33. The Labute approximate surface area is 194 Å². The van der Waals surface area contributed by atoms with Gasteiger partial charge < -0.3 is 4.74 Å². The van der Waals surface area contributed by atoms with Crippen molar-refractivity contribution in [1.29, 1.82) is 0 Å². The summed E-state index contributed by atoms with van der Waals surface area (Å²) in [5.74, 6) is -2.40. The number of fused-ring (bicyclic) bond motifs is 1. The molecule has 0 bridgehead atoms. The molecule has 176 valence electrons. The van der Waals surface area contributed by atoms with Gasteiger partial charge in [0.15, 0.2) is 5.13 Å². The van der Waals surface area contributed by atoms with E-state index < -0.39 is 32.5 Å². The van der Waals surface area contributed by atoms with E-state index in [9.17, 15) is 22.0 Å². The van der Waals surface area contributed by atoms with Gasteiger partial charge in [-0.3, -0.25) is 9.69 Å². The number of benzene rings is 2. The van der Waals surface area contributed by atoms with Gasteiger partial charge in [0.2, 0.25) is 15.9 Å². The second kappa shape index (κ2) is 9.80. The largest absolute Gasteiger partial charge is 0.383 e. The summed E-state index contributed by atoms with van der Waals surface area (Å²) in [6, 6.07) is 9.95. The van der Waals surface area contributed by atoms with Crippen LogP contribution < -0.4 is 4.90 Å². The van der Waals surface area contributed by atoms with Crippen LogP contribution in [0.2, 0.25) is 0 Å². The van der Waals surface area contributed by atoms with Gasteiger partial charge in [-0.25, -0.2) is 22.2 Å². The second-order valence-electron chi connectivity index (χ2n) is 7.70. The van der Waals surface area contributed by atoms with Gasteiger partial charge in [-0.1, -0.05) is 23.5 Å². The van der Waals surface area contributed by atoms with Gasteiger partial charge in [-0.05, 0) is 43.2 Å². The molecule has 1 aliphatic rings. The Balaban J connectivity index is 1.50. The average molecular weight is 496 g/mol. The zero-order chi connectivity index (χ0) is 23.6. The van der Waals surface area contributed by atoms with E-state index >= 15 is 0 Å². The number of amides is 1. The Morgan fingerprint density at radius 3 is 2.64 bits per heavy atom. The monoisotopic (exact) mass is 495 g/mol. The van der Waals surface area contributed by atoms with Crippen LogP contribution in [0, 0.1) is 17.6 Å². The van der Waals surface area contributed by atoms with E-state index in [4.69, 9.17) is 4.74 Å². The Bertz CT molecular complexity index is 1220. The van der Waals surface area contributed by atoms with E-state index in [0.717, 1.165) is 26.7 Å². The lowest BCUT2D eigenvalue weighted by molar-refractivity contribution is -0.123. The Kier molecular flexibility index (Phi) is 7.03. The number of para-hydroxylation sites is 1. The molecule has 1 fully saturated rings. The molecule has 1 aromatic heterocycles. The van der Waals surface area contributed by atoms with Crippen LogP contribution in [0.15, 0.2) is 47.4 Å². The number of piperidine rings is 1. The number of ether oxygens (including phenoxy) is 1. The van der Waals surface area contributed by atoms with Crippen molar-refractivity contribution >= 4 is 42.6 Å². The summed E-state index contributed by atoms with van der Waals surface area (Å²) in [7, 11) is -2.65. The van der Waals surface area contributed by atoms with E-state index in [2.05, 4.69) is 4.98 Å². The summed E-state index contributed by atoms with van der Waals surface area (Å²) in [5.41, 5.74) is 0.797. The minimum atomic E-state index is -4.21. The van der Waals surface area contributed by atoms with Crippen LogP contribution in [0.4, 0.5) is 13.9 Å². The fourth-order valence-corrected chi connectivity index (χ4v) is 6.38. The number of hydrogen-bond acceptors (Lipinski definition) is 6. The standard InChI is InChI=1S/C22H23F2N3O4S2/c1-31-13-12-27(22-25-18-4-2-3-5-19(18)32-22)21(28)15-8-10-26(11-9-15)33(29,30)20-14-16(23)6-7-17(20)24/h2-7,14-15H,8-13H2,1H3. The maximum Gasteiger partial charge on any atom is 0.246 e. The normalized spacial score (nSPS) is 15.7.